The Morgan fingerprint density at radius 2 is 1.74 bits per heavy atom. The highest BCUT2D eigenvalue weighted by Gasteiger charge is 2.16. The van der Waals surface area contributed by atoms with Crippen molar-refractivity contribution in [3.63, 3.8) is 0 Å². The fraction of sp³-hybridized carbons (Fsp3) is 0.148. The molecule has 3 aromatic rings. The Morgan fingerprint density at radius 1 is 1.00 bits per heavy atom. The minimum atomic E-state index is -0.514. The summed E-state index contributed by atoms with van der Waals surface area (Å²) in [5, 5.41) is 15.0. The standard InChI is InChI=1S/C27H24IN3O4/c1-3-34-24-15-19(13-20(16-29)27(33)31-21-9-5-4-6-10-21)14-23(28)26(24)35-17-25(32)30-22-11-7-8-18(2)12-22/h4-15H,3,17H2,1-2H3,(H,30,32)(H,31,33)/b20-13+. The Bertz CT molecular complexity index is 1280. The molecule has 0 atom stereocenters. The Kier molecular flexibility index (Phi) is 9.26. The lowest BCUT2D eigenvalue weighted by Crippen LogP contribution is -2.20. The van der Waals surface area contributed by atoms with Crippen LogP contribution >= 0.6 is 22.6 Å². The average Bonchev–Trinajstić information content (AvgIpc) is 2.82. The first-order valence-corrected chi connectivity index (χ1v) is 11.9. The van der Waals surface area contributed by atoms with Gasteiger partial charge in [0.25, 0.3) is 11.8 Å². The molecule has 3 rings (SSSR count). The number of hydrogen-bond donors (Lipinski definition) is 2. The highest BCUT2D eigenvalue weighted by molar-refractivity contribution is 14.1. The summed E-state index contributed by atoms with van der Waals surface area (Å²) in [5.74, 6) is 0.00739. The fourth-order valence-corrected chi connectivity index (χ4v) is 3.95. The zero-order chi connectivity index (χ0) is 25.2. The third kappa shape index (κ3) is 7.58. The third-order valence-corrected chi connectivity index (χ3v) is 5.49. The molecule has 0 saturated carbocycles. The molecule has 2 N–H and O–H groups in total. The van der Waals surface area contributed by atoms with E-state index < -0.39 is 5.91 Å². The van der Waals surface area contributed by atoms with Crippen molar-refractivity contribution in [2.45, 2.75) is 13.8 Å². The van der Waals surface area contributed by atoms with Gasteiger partial charge in [-0.3, -0.25) is 9.59 Å². The van der Waals surface area contributed by atoms with Crippen molar-refractivity contribution in [2.75, 3.05) is 23.8 Å². The maximum absolute atomic E-state index is 12.6. The summed E-state index contributed by atoms with van der Waals surface area (Å²) >= 11 is 2.07. The number of nitrogens with zero attached hydrogens (tertiary/aromatic N) is 1. The molecule has 8 heteroatoms. The molecule has 3 aromatic carbocycles. The number of carbonyl (C=O) groups excluding carboxylic acids is 2. The number of carbonyl (C=O) groups is 2. The zero-order valence-electron chi connectivity index (χ0n) is 19.3. The lowest BCUT2D eigenvalue weighted by molar-refractivity contribution is -0.118. The van der Waals surface area contributed by atoms with E-state index in [1.807, 2.05) is 50.2 Å². The molecule has 0 aromatic heterocycles. The third-order valence-electron chi connectivity index (χ3n) is 4.69. The number of rotatable bonds is 9. The molecular weight excluding hydrogens is 557 g/mol. The number of aryl methyl sites for hydroxylation is 1. The number of hydrogen-bond acceptors (Lipinski definition) is 5. The SMILES string of the molecule is CCOc1cc(/C=C(\C#N)C(=O)Nc2ccccc2)cc(I)c1OCC(=O)Nc1cccc(C)c1. The molecule has 0 heterocycles. The van der Waals surface area contributed by atoms with Crippen LogP contribution in [0.3, 0.4) is 0 Å². The van der Waals surface area contributed by atoms with E-state index in [2.05, 4.69) is 33.2 Å². The predicted octanol–water partition coefficient (Wildman–Crippen LogP) is 5.56. The van der Waals surface area contributed by atoms with E-state index in [9.17, 15) is 14.9 Å². The lowest BCUT2D eigenvalue weighted by atomic mass is 10.1. The zero-order valence-corrected chi connectivity index (χ0v) is 21.5. The van der Waals surface area contributed by atoms with Crippen LogP contribution in [-0.4, -0.2) is 25.0 Å². The second-order valence-corrected chi connectivity index (χ2v) is 8.62. The van der Waals surface area contributed by atoms with Crippen molar-refractivity contribution >= 4 is 51.9 Å². The number of anilines is 2. The maximum Gasteiger partial charge on any atom is 0.266 e. The second kappa shape index (κ2) is 12.6. The van der Waals surface area contributed by atoms with E-state index in [4.69, 9.17) is 9.47 Å². The van der Waals surface area contributed by atoms with Crippen LogP contribution in [0, 0.1) is 21.8 Å². The molecule has 7 nitrogen and oxygen atoms in total. The Morgan fingerprint density at radius 3 is 2.43 bits per heavy atom. The molecule has 0 fully saturated rings. The fourth-order valence-electron chi connectivity index (χ4n) is 3.17. The number of amides is 2. The van der Waals surface area contributed by atoms with Crippen molar-refractivity contribution in [1.82, 2.24) is 0 Å². The van der Waals surface area contributed by atoms with Crippen molar-refractivity contribution in [3.8, 4) is 17.6 Å². The van der Waals surface area contributed by atoms with Crippen molar-refractivity contribution < 1.29 is 19.1 Å². The smallest absolute Gasteiger partial charge is 0.266 e. The van der Waals surface area contributed by atoms with Gasteiger partial charge >= 0.3 is 0 Å². The lowest BCUT2D eigenvalue weighted by Gasteiger charge is -2.15. The van der Waals surface area contributed by atoms with Crippen LogP contribution in [0.4, 0.5) is 11.4 Å². The Hall–Kier alpha value is -3.84. The molecule has 0 aliphatic rings. The number of benzene rings is 3. The number of para-hydroxylation sites is 1. The number of ether oxygens (including phenoxy) is 2. The van der Waals surface area contributed by atoms with Crippen LogP contribution < -0.4 is 20.1 Å². The predicted molar refractivity (Wildman–Crippen MR) is 144 cm³/mol. The van der Waals surface area contributed by atoms with Crippen LogP contribution in [0.25, 0.3) is 6.08 Å². The van der Waals surface area contributed by atoms with Gasteiger partial charge in [0.05, 0.1) is 10.2 Å². The summed E-state index contributed by atoms with van der Waals surface area (Å²) < 4.78 is 12.2. The largest absolute Gasteiger partial charge is 0.490 e. The summed E-state index contributed by atoms with van der Waals surface area (Å²) in [6.07, 6.45) is 1.48. The summed E-state index contributed by atoms with van der Waals surface area (Å²) in [7, 11) is 0. The molecule has 2 amide bonds. The maximum atomic E-state index is 12.6. The highest BCUT2D eigenvalue weighted by Crippen LogP contribution is 2.35. The molecule has 0 spiro atoms. The molecular formula is C27H24IN3O4. The molecule has 0 saturated heterocycles. The summed E-state index contributed by atoms with van der Waals surface area (Å²) in [6, 6.07) is 21.8. The van der Waals surface area contributed by atoms with Crippen molar-refractivity contribution in [3.05, 3.63) is 87.0 Å². The monoisotopic (exact) mass is 581 g/mol. The molecule has 0 aliphatic carbocycles. The van der Waals surface area contributed by atoms with Gasteiger partial charge in [-0.15, -0.1) is 0 Å². The summed E-state index contributed by atoms with van der Waals surface area (Å²) in [6.45, 7) is 3.94. The average molecular weight is 581 g/mol. The van der Waals surface area contributed by atoms with E-state index in [0.29, 0.717) is 38.6 Å². The van der Waals surface area contributed by atoms with Gasteiger partial charge in [0, 0.05) is 11.4 Å². The first kappa shape index (κ1) is 25.8. The van der Waals surface area contributed by atoms with Gasteiger partial charge in [-0.2, -0.15) is 5.26 Å². The summed E-state index contributed by atoms with van der Waals surface area (Å²) in [4.78, 5) is 24.9. The van der Waals surface area contributed by atoms with Gasteiger partial charge in [0.1, 0.15) is 11.6 Å². The second-order valence-electron chi connectivity index (χ2n) is 7.46. The van der Waals surface area contributed by atoms with Gasteiger partial charge < -0.3 is 20.1 Å². The van der Waals surface area contributed by atoms with Crippen molar-refractivity contribution in [2.24, 2.45) is 0 Å². The van der Waals surface area contributed by atoms with Crippen molar-refractivity contribution in [1.29, 1.82) is 5.26 Å². The minimum Gasteiger partial charge on any atom is -0.490 e. The Labute approximate surface area is 217 Å². The Balaban J connectivity index is 1.76. The molecule has 0 bridgehead atoms. The quantitative estimate of drug-likeness (QED) is 0.196. The van der Waals surface area contributed by atoms with E-state index >= 15 is 0 Å². The first-order valence-electron chi connectivity index (χ1n) is 10.8. The number of nitrogens with one attached hydrogen (secondary N) is 2. The van der Waals surface area contributed by atoms with E-state index in [0.717, 1.165) is 5.56 Å². The van der Waals surface area contributed by atoms with Gasteiger partial charge in [-0.05, 0) is 90.0 Å². The van der Waals surface area contributed by atoms with Crippen LogP contribution in [0.5, 0.6) is 11.5 Å². The highest BCUT2D eigenvalue weighted by atomic mass is 127. The van der Waals surface area contributed by atoms with Crippen LogP contribution in [0.2, 0.25) is 0 Å². The molecule has 0 unspecified atom stereocenters. The minimum absolute atomic E-state index is 0.0571. The first-order chi connectivity index (χ1) is 16.9. The number of nitriles is 1. The van der Waals surface area contributed by atoms with E-state index in [-0.39, 0.29) is 18.1 Å². The molecule has 0 radical (unpaired) electrons. The normalized spacial score (nSPS) is 10.7. The van der Waals surface area contributed by atoms with E-state index in [1.165, 1.54) is 6.08 Å². The molecule has 35 heavy (non-hydrogen) atoms. The topological polar surface area (TPSA) is 100 Å². The molecule has 0 aliphatic heterocycles. The van der Waals surface area contributed by atoms with Crippen LogP contribution in [-0.2, 0) is 9.59 Å². The van der Waals surface area contributed by atoms with E-state index in [1.54, 1.807) is 36.4 Å². The molecule has 178 valence electrons. The van der Waals surface area contributed by atoms with Gasteiger partial charge in [0.2, 0.25) is 0 Å². The van der Waals surface area contributed by atoms with Crippen LogP contribution in [0.15, 0.2) is 72.3 Å². The van der Waals surface area contributed by atoms with Gasteiger partial charge in [-0.25, -0.2) is 0 Å². The number of halogens is 1. The van der Waals surface area contributed by atoms with Gasteiger partial charge in [0.15, 0.2) is 18.1 Å². The van der Waals surface area contributed by atoms with Crippen LogP contribution in [0.1, 0.15) is 18.1 Å². The summed E-state index contributed by atoms with van der Waals surface area (Å²) in [5.41, 5.74) is 2.86. The van der Waals surface area contributed by atoms with Gasteiger partial charge in [-0.1, -0.05) is 30.3 Å².